The molecule has 2 N–H and O–H groups in total. The molecule has 1 aromatic rings. The van der Waals surface area contributed by atoms with Crippen molar-refractivity contribution in [3.05, 3.63) is 18.7 Å². The quantitative estimate of drug-likeness (QED) is 0.761. The van der Waals surface area contributed by atoms with Gasteiger partial charge in [0.15, 0.2) is 0 Å². The molecule has 7 heteroatoms. The van der Waals surface area contributed by atoms with Crippen LogP contribution in [0.5, 0.6) is 0 Å². The Kier molecular flexibility index (Phi) is 4.38. The van der Waals surface area contributed by atoms with E-state index in [1.165, 1.54) is 4.90 Å². The smallest absolute Gasteiger partial charge is 0.326 e. The van der Waals surface area contributed by atoms with Gasteiger partial charge in [-0.25, -0.2) is 14.6 Å². The molecule has 2 rings (SSSR count). The average molecular weight is 266 g/mol. The first-order chi connectivity index (χ1) is 9.18. The Hall–Kier alpha value is -2.05. The van der Waals surface area contributed by atoms with E-state index in [0.717, 1.165) is 19.4 Å². The predicted molar refractivity (Wildman–Crippen MR) is 67.6 cm³/mol. The topological polar surface area (TPSA) is 87.5 Å². The van der Waals surface area contributed by atoms with Crippen molar-refractivity contribution in [1.82, 2.24) is 19.8 Å². The number of carbonyl (C=O) groups excluding carboxylic acids is 1. The number of rotatable bonds is 5. The van der Waals surface area contributed by atoms with E-state index in [2.05, 4.69) is 10.3 Å². The van der Waals surface area contributed by atoms with Gasteiger partial charge >= 0.3 is 12.0 Å². The Morgan fingerprint density at radius 3 is 3.00 bits per heavy atom. The molecule has 0 radical (unpaired) electrons. The second kappa shape index (κ2) is 6.21. The largest absolute Gasteiger partial charge is 0.480 e. The molecule has 1 saturated heterocycles. The molecule has 0 aliphatic carbocycles. The number of likely N-dealkylation sites (tertiary alicyclic amines) is 1. The maximum absolute atomic E-state index is 11.9. The van der Waals surface area contributed by atoms with E-state index in [0.29, 0.717) is 19.5 Å². The Balaban J connectivity index is 1.70. The van der Waals surface area contributed by atoms with Crippen LogP contribution in [0.3, 0.4) is 0 Å². The minimum atomic E-state index is -0.925. The van der Waals surface area contributed by atoms with Crippen LogP contribution in [0, 0.1) is 0 Å². The van der Waals surface area contributed by atoms with Crippen LogP contribution in [0.2, 0.25) is 0 Å². The van der Waals surface area contributed by atoms with E-state index < -0.39 is 12.0 Å². The number of carboxylic acids is 1. The highest BCUT2D eigenvalue weighted by atomic mass is 16.4. The minimum absolute atomic E-state index is 0.282. The van der Waals surface area contributed by atoms with Crippen molar-refractivity contribution in [3.63, 3.8) is 0 Å². The molecule has 1 aromatic heterocycles. The van der Waals surface area contributed by atoms with Crippen molar-refractivity contribution in [2.75, 3.05) is 13.1 Å². The molecule has 1 aliphatic rings. The van der Waals surface area contributed by atoms with Crippen molar-refractivity contribution in [2.45, 2.75) is 31.8 Å². The molecular formula is C12H18N4O3. The Morgan fingerprint density at radius 2 is 2.32 bits per heavy atom. The lowest BCUT2D eigenvalue weighted by molar-refractivity contribution is -0.141. The van der Waals surface area contributed by atoms with Crippen LogP contribution in [0.25, 0.3) is 0 Å². The van der Waals surface area contributed by atoms with Crippen LogP contribution in [-0.4, -0.2) is 50.7 Å². The highest BCUT2D eigenvalue weighted by Gasteiger charge is 2.33. The molecule has 1 atom stereocenters. The van der Waals surface area contributed by atoms with Crippen LogP contribution < -0.4 is 5.32 Å². The lowest BCUT2D eigenvalue weighted by Gasteiger charge is -2.21. The molecule has 104 valence electrons. The number of hydrogen-bond acceptors (Lipinski definition) is 3. The lowest BCUT2D eigenvalue weighted by atomic mass is 10.2. The molecule has 1 fully saturated rings. The summed E-state index contributed by atoms with van der Waals surface area (Å²) in [6.45, 7) is 1.83. The summed E-state index contributed by atoms with van der Waals surface area (Å²) in [7, 11) is 0. The number of aromatic nitrogens is 2. The predicted octanol–water partition coefficient (Wildman–Crippen LogP) is 0.532. The third-order valence-corrected chi connectivity index (χ3v) is 3.23. The number of hydrogen-bond donors (Lipinski definition) is 2. The van der Waals surface area contributed by atoms with Gasteiger partial charge in [0.1, 0.15) is 6.04 Å². The fourth-order valence-corrected chi connectivity index (χ4v) is 2.24. The van der Waals surface area contributed by atoms with Crippen molar-refractivity contribution in [3.8, 4) is 0 Å². The van der Waals surface area contributed by atoms with Gasteiger partial charge in [-0.15, -0.1) is 0 Å². The summed E-state index contributed by atoms with van der Waals surface area (Å²) in [6.07, 6.45) is 7.37. The van der Waals surface area contributed by atoms with Gasteiger partial charge in [-0.05, 0) is 19.3 Å². The third-order valence-electron chi connectivity index (χ3n) is 3.23. The molecule has 7 nitrogen and oxygen atoms in total. The number of nitrogens with zero attached hydrogens (tertiary/aromatic N) is 3. The molecule has 0 saturated carbocycles. The first-order valence-corrected chi connectivity index (χ1v) is 6.41. The van der Waals surface area contributed by atoms with Gasteiger partial charge in [0, 0.05) is 32.0 Å². The first-order valence-electron chi connectivity index (χ1n) is 6.41. The molecule has 2 heterocycles. The van der Waals surface area contributed by atoms with Crippen LogP contribution in [0.15, 0.2) is 18.7 Å². The summed E-state index contributed by atoms with van der Waals surface area (Å²) in [4.78, 5) is 28.2. The normalized spacial score (nSPS) is 18.5. The van der Waals surface area contributed by atoms with Gasteiger partial charge < -0.3 is 19.9 Å². The number of amides is 2. The molecule has 1 aliphatic heterocycles. The van der Waals surface area contributed by atoms with E-state index in [1.807, 2.05) is 10.8 Å². The molecular weight excluding hydrogens is 248 g/mol. The lowest BCUT2D eigenvalue weighted by Crippen LogP contribution is -2.46. The van der Waals surface area contributed by atoms with Crippen molar-refractivity contribution < 1.29 is 14.7 Å². The van der Waals surface area contributed by atoms with Crippen molar-refractivity contribution >= 4 is 12.0 Å². The zero-order valence-electron chi connectivity index (χ0n) is 10.7. The van der Waals surface area contributed by atoms with Crippen LogP contribution in [-0.2, 0) is 11.3 Å². The van der Waals surface area contributed by atoms with Crippen molar-refractivity contribution in [1.29, 1.82) is 0 Å². The van der Waals surface area contributed by atoms with E-state index in [9.17, 15) is 9.59 Å². The Bertz CT molecular complexity index is 432. The summed E-state index contributed by atoms with van der Waals surface area (Å²) in [5.74, 6) is -0.925. The average Bonchev–Trinajstić information content (AvgIpc) is 3.04. The summed E-state index contributed by atoms with van der Waals surface area (Å²) < 4.78 is 1.93. The Morgan fingerprint density at radius 1 is 1.47 bits per heavy atom. The number of nitrogens with one attached hydrogen (secondary N) is 1. The molecule has 2 amide bonds. The summed E-state index contributed by atoms with van der Waals surface area (Å²) in [5, 5.41) is 11.8. The van der Waals surface area contributed by atoms with Gasteiger partial charge in [-0.2, -0.15) is 0 Å². The van der Waals surface area contributed by atoms with Crippen LogP contribution in [0.4, 0.5) is 4.79 Å². The van der Waals surface area contributed by atoms with Gasteiger partial charge in [-0.3, -0.25) is 0 Å². The molecule has 19 heavy (non-hydrogen) atoms. The number of urea groups is 1. The van der Waals surface area contributed by atoms with E-state index in [1.54, 1.807) is 12.5 Å². The first kappa shape index (κ1) is 13.4. The fourth-order valence-electron chi connectivity index (χ4n) is 2.24. The zero-order valence-corrected chi connectivity index (χ0v) is 10.7. The second-order valence-electron chi connectivity index (χ2n) is 4.58. The van der Waals surface area contributed by atoms with Gasteiger partial charge in [-0.1, -0.05) is 0 Å². The van der Waals surface area contributed by atoms with Gasteiger partial charge in [0.25, 0.3) is 0 Å². The van der Waals surface area contributed by atoms with Crippen molar-refractivity contribution in [2.24, 2.45) is 0 Å². The van der Waals surface area contributed by atoms with Crippen LogP contribution in [0.1, 0.15) is 19.3 Å². The van der Waals surface area contributed by atoms with Crippen LogP contribution >= 0.6 is 0 Å². The number of aliphatic carboxylic acids is 1. The SMILES string of the molecule is O=C(O)[C@@H]1CCCN1C(=O)NCCCn1ccnc1. The second-order valence-corrected chi connectivity index (χ2v) is 4.58. The maximum atomic E-state index is 11.9. The third kappa shape index (κ3) is 3.46. The van der Waals surface area contributed by atoms with Gasteiger partial charge in [0.05, 0.1) is 6.33 Å². The molecule has 0 bridgehead atoms. The monoisotopic (exact) mass is 266 g/mol. The minimum Gasteiger partial charge on any atom is -0.480 e. The molecule has 0 unspecified atom stereocenters. The fraction of sp³-hybridized carbons (Fsp3) is 0.583. The molecule has 0 aromatic carbocycles. The number of carbonyl (C=O) groups is 2. The van der Waals surface area contributed by atoms with E-state index in [4.69, 9.17) is 5.11 Å². The summed E-state index contributed by atoms with van der Waals surface area (Å²) in [5.41, 5.74) is 0. The Labute approximate surface area is 111 Å². The number of carboxylic acid groups (broad SMARTS) is 1. The van der Waals surface area contributed by atoms with E-state index in [-0.39, 0.29) is 6.03 Å². The zero-order chi connectivity index (χ0) is 13.7. The molecule has 0 spiro atoms. The highest BCUT2D eigenvalue weighted by molar-refractivity contribution is 5.83. The number of aryl methyl sites for hydroxylation is 1. The van der Waals surface area contributed by atoms with E-state index >= 15 is 0 Å². The maximum Gasteiger partial charge on any atom is 0.326 e. The summed E-state index contributed by atoms with van der Waals surface area (Å²) >= 11 is 0. The summed E-state index contributed by atoms with van der Waals surface area (Å²) in [6, 6.07) is -0.954. The standard InChI is InChI=1S/C12H18N4O3/c17-11(18)10-3-1-7-16(10)12(19)14-4-2-6-15-8-5-13-9-15/h5,8-10H,1-4,6-7H2,(H,14,19)(H,17,18)/t10-/m0/s1. The van der Waals surface area contributed by atoms with Gasteiger partial charge in [0.2, 0.25) is 0 Å². The highest BCUT2D eigenvalue weighted by Crippen LogP contribution is 2.17. The number of imidazole rings is 1.